The van der Waals surface area contributed by atoms with Crippen LogP contribution in [0.1, 0.15) is 42.1 Å². The Labute approximate surface area is 213 Å². The summed E-state index contributed by atoms with van der Waals surface area (Å²) >= 11 is 0. The van der Waals surface area contributed by atoms with E-state index < -0.39 is 5.91 Å². The monoisotopic (exact) mass is 499 g/mol. The lowest BCUT2D eigenvalue weighted by Gasteiger charge is -2.45. The molecule has 4 aromatic rings. The Hall–Kier alpha value is -4.12. The van der Waals surface area contributed by atoms with E-state index in [0.717, 1.165) is 43.6 Å². The minimum atomic E-state index is -0.398. The fraction of sp³-hybridized carbons (Fsp3) is 0.385. The zero-order chi connectivity index (χ0) is 25.7. The molecule has 1 saturated heterocycles. The molecule has 2 amide bonds. The van der Waals surface area contributed by atoms with E-state index in [9.17, 15) is 9.59 Å². The molecule has 11 heteroatoms. The molecule has 4 aromatic heterocycles. The van der Waals surface area contributed by atoms with Crippen LogP contribution in [0.2, 0.25) is 0 Å². The lowest BCUT2D eigenvalue weighted by Crippen LogP contribution is -2.54. The number of hydrogen-bond donors (Lipinski definition) is 2. The van der Waals surface area contributed by atoms with Gasteiger partial charge in [-0.25, -0.2) is 4.52 Å². The summed E-state index contributed by atoms with van der Waals surface area (Å²) in [7, 11) is 0. The summed E-state index contributed by atoms with van der Waals surface area (Å²) in [6.07, 6.45) is 7.44. The highest BCUT2D eigenvalue weighted by Crippen LogP contribution is 2.29. The van der Waals surface area contributed by atoms with E-state index in [4.69, 9.17) is 0 Å². The molecular formula is C26H29N9O2. The van der Waals surface area contributed by atoms with Gasteiger partial charge in [0.25, 0.3) is 5.91 Å². The molecule has 2 aliphatic heterocycles. The molecule has 2 aliphatic rings. The summed E-state index contributed by atoms with van der Waals surface area (Å²) in [5.41, 5.74) is 6.01. The van der Waals surface area contributed by atoms with Gasteiger partial charge in [0.1, 0.15) is 0 Å². The Morgan fingerprint density at radius 3 is 2.78 bits per heavy atom. The van der Waals surface area contributed by atoms with Gasteiger partial charge in [-0.1, -0.05) is 25.1 Å². The van der Waals surface area contributed by atoms with Crippen LogP contribution in [0, 0.1) is 12.3 Å². The van der Waals surface area contributed by atoms with Gasteiger partial charge in [-0.2, -0.15) is 5.10 Å². The van der Waals surface area contributed by atoms with Crippen LogP contribution >= 0.6 is 0 Å². The van der Waals surface area contributed by atoms with Crippen LogP contribution in [0.15, 0.2) is 36.8 Å². The molecule has 0 saturated carbocycles. The number of likely N-dealkylation sites (tertiary alicyclic amines) is 1. The van der Waals surface area contributed by atoms with Crippen molar-refractivity contribution in [3.63, 3.8) is 0 Å². The number of aryl methyl sites for hydroxylation is 2. The van der Waals surface area contributed by atoms with Gasteiger partial charge in [-0.15, -0.1) is 5.10 Å². The van der Waals surface area contributed by atoms with Crippen LogP contribution in [-0.4, -0.2) is 65.9 Å². The summed E-state index contributed by atoms with van der Waals surface area (Å²) in [6.45, 7) is 9.23. The van der Waals surface area contributed by atoms with E-state index in [2.05, 4.69) is 49.8 Å². The number of aromatic nitrogens is 6. The van der Waals surface area contributed by atoms with Gasteiger partial charge < -0.3 is 10.6 Å². The average molecular weight is 500 g/mol. The van der Waals surface area contributed by atoms with Gasteiger partial charge >= 0.3 is 0 Å². The molecule has 11 nitrogen and oxygen atoms in total. The number of pyridine rings is 2. The maximum absolute atomic E-state index is 13.1. The molecule has 0 aromatic carbocycles. The Kier molecular flexibility index (Phi) is 5.52. The molecule has 6 rings (SSSR count). The first-order valence-electron chi connectivity index (χ1n) is 12.5. The SMILES string of the molecule is Cc1ncc(NC(=O)CN2CC(C)(C)C2)cc1NC(=O)c1nnn2cc(-c3cnn4c3CCC4)ccc12. The first kappa shape index (κ1) is 23.3. The number of amides is 2. The van der Waals surface area contributed by atoms with Crippen LogP contribution in [-0.2, 0) is 17.8 Å². The zero-order valence-electron chi connectivity index (χ0n) is 21.2. The van der Waals surface area contributed by atoms with Gasteiger partial charge in [0.15, 0.2) is 5.69 Å². The molecule has 2 N–H and O–H groups in total. The number of nitrogens with one attached hydrogen (secondary N) is 2. The van der Waals surface area contributed by atoms with Crippen molar-refractivity contribution >= 4 is 28.7 Å². The topological polar surface area (TPSA) is 122 Å². The first-order chi connectivity index (χ1) is 17.8. The van der Waals surface area contributed by atoms with Crippen LogP contribution in [0.4, 0.5) is 11.4 Å². The van der Waals surface area contributed by atoms with E-state index >= 15 is 0 Å². The third kappa shape index (κ3) is 4.46. The van der Waals surface area contributed by atoms with E-state index in [1.54, 1.807) is 23.7 Å². The molecular weight excluding hydrogens is 470 g/mol. The second-order valence-electron chi connectivity index (χ2n) is 10.7. The first-order valence-corrected chi connectivity index (χ1v) is 12.5. The predicted molar refractivity (Wildman–Crippen MR) is 138 cm³/mol. The molecule has 6 heterocycles. The van der Waals surface area contributed by atoms with Crippen molar-refractivity contribution in [3.05, 3.63) is 53.9 Å². The fourth-order valence-electron chi connectivity index (χ4n) is 5.31. The van der Waals surface area contributed by atoms with Crippen LogP contribution in [0.25, 0.3) is 16.6 Å². The number of nitrogens with zero attached hydrogens (tertiary/aromatic N) is 7. The smallest absolute Gasteiger partial charge is 0.278 e. The van der Waals surface area contributed by atoms with Gasteiger partial charge in [-0.3, -0.25) is 24.2 Å². The normalized spacial score (nSPS) is 16.4. The van der Waals surface area contributed by atoms with Crippen molar-refractivity contribution in [2.45, 2.75) is 40.2 Å². The van der Waals surface area contributed by atoms with Crippen molar-refractivity contribution in [1.82, 2.24) is 34.5 Å². The van der Waals surface area contributed by atoms with Crippen molar-refractivity contribution in [3.8, 4) is 11.1 Å². The van der Waals surface area contributed by atoms with Crippen molar-refractivity contribution in [2.75, 3.05) is 30.3 Å². The number of carbonyl (C=O) groups excluding carboxylic acids is 2. The summed E-state index contributed by atoms with van der Waals surface area (Å²) in [5, 5.41) is 18.5. The van der Waals surface area contributed by atoms with Crippen LogP contribution < -0.4 is 10.6 Å². The molecule has 190 valence electrons. The molecule has 1 fully saturated rings. The largest absolute Gasteiger partial charge is 0.324 e. The third-order valence-corrected chi connectivity index (χ3v) is 6.96. The maximum Gasteiger partial charge on any atom is 0.278 e. The summed E-state index contributed by atoms with van der Waals surface area (Å²) < 4.78 is 3.65. The molecule has 0 aliphatic carbocycles. The number of hydrogen-bond acceptors (Lipinski definition) is 7. The minimum Gasteiger partial charge on any atom is -0.324 e. The zero-order valence-corrected chi connectivity index (χ0v) is 21.2. The number of carbonyl (C=O) groups is 2. The standard InChI is InChI=1S/C26H29N9O2/c1-16-20(9-18(10-27-16)29-23(36)13-33-14-26(2,3)15-33)30-25(37)24-22-7-6-17(12-35(22)32-31-24)19-11-28-34-8-4-5-21(19)34/h6-7,9-12H,4-5,8,13-15H2,1-3H3,(H,29,36)(H,30,37). The van der Waals surface area contributed by atoms with Gasteiger partial charge in [0, 0.05) is 42.7 Å². The Balaban J connectivity index is 1.17. The summed E-state index contributed by atoms with van der Waals surface area (Å²) in [5.74, 6) is -0.507. The Morgan fingerprint density at radius 2 is 1.97 bits per heavy atom. The molecule has 0 radical (unpaired) electrons. The number of rotatable bonds is 6. The summed E-state index contributed by atoms with van der Waals surface area (Å²) in [4.78, 5) is 32.0. The lowest BCUT2D eigenvalue weighted by atomic mass is 9.84. The van der Waals surface area contributed by atoms with E-state index in [0.29, 0.717) is 29.1 Å². The summed E-state index contributed by atoms with van der Waals surface area (Å²) in [6, 6.07) is 5.53. The van der Waals surface area contributed by atoms with Crippen molar-refractivity contribution in [1.29, 1.82) is 0 Å². The molecule has 0 bridgehead atoms. The Bertz CT molecular complexity index is 1530. The third-order valence-electron chi connectivity index (χ3n) is 6.96. The molecule has 37 heavy (non-hydrogen) atoms. The molecule has 0 unspecified atom stereocenters. The van der Waals surface area contributed by atoms with Gasteiger partial charge in [-0.05, 0) is 37.3 Å². The molecule has 0 spiro atoms. The van der Waals surface area contributed by atoms with Gasteiger partial charge in [0.2, 0.25) is 5.91 Å². The second kappa shape index (κ2) is 8.77. The van der Waals surface area contributed by atoms with Crippen LogP contribution in [0.5, 0.6) is 0 Å². The highest BCUT2D eigenvalue weighted by molar-refractivity contribution is 6.08. The van der Waals surface area contributed by atoms with E-state index in [-0.39, 0.29) is 17.0 Å². The fourth-order valence-corrected chi connectivity index (χ4v) is 5.31. The maximum atomic E-state index is 13.1. The van der Waals surface area contributed by atoms with E-state index in [1.165, 1.54) is 5.69 Å². The Morgan fingerprint density at radius 1 is 1.14 bits per heavy atom. The average Bonchev–Trinajstić information content (AvgIpc) is 3.55. The lowest BCUT2D eigenvalue weighted by molar-refractivity contribution is -0.120. The second-order valence-corrected chi connectivity index (χ2v) is 10.7. The quantitative estimate of drug-likeness (QED) is 0.418. The van der Waals surface area contributed by atoms with Crippen molar-refractivity contribution in [2.24, 2.45) is 5.41 Å². The predicted octanol–water partition coefficient (Wildman–Crippen LogP) is 2.78. The highest BCUT2D eigenvalue weighted by atomic mass is 16.2. The van der Waals surface area contributed by atoms with E-state index in [1.807, 2.05) is 29.2 Å². The number of fused-ring (bicyclic) bond motifs is 2. The molecule has 0 atom stereocenters. The van der Waals surface area contributed by atoms with Crippen LogP contribution in [0.3, 0.4) is 0 Å². The van der Waals surface area contributed by atoms with Crippen molar-refractivity contribution < 1.29 is 9.59 Å². The van der Waals surface area contributed by atoms with Gasteiger partial charge in [0.05, 0.1) is 41.5 Å². The number of anilines is 2. The minimum absolute atomic E-state index is 0.109. The highest BCUT2D eigenvalue weighted by Gasteiger charge is 2.34.